The first-order valence-corrected chi connectivity index (χ1v) is 9.80. The number of rotatable bonds is 4. The zero-order valence-electron chi connectivity index (χ0n) is 16.7. The summed E-state index contributed by atoms with van der Waals surface area (Å²) >= 11 is 0. The molecule has 1 saturated heterocycles. The molecule has 2 aliphatic rings. The summed E-state index contributed by atoms with van der Waals surface area (Å²) < 4.78 is 4.92. The number of ether oxygens (including phenoxy) is 1. The number of nitrogens with zero attached hydrogens (tertiary/aromatic N) is 3. The second-order valence-electron chi connectivity index (χ2n) is 7.80. The third-order valence-corrected chi connectivity index (χ3v) is 6.27. The van der Waals surface area contributed by atoms with Crippen molar-refractivity contribution in [2.75, 3.05) is 33.8 Å². The quantitative estimate of drug-likeness (QED) is 0.776. The van der Waals surface area contributed by atoms with Crippen LogP contribution < -0.4 is 5.32 Å². The van der Waals surface area contributed by atoms with Gasteiger partial charge >= 0.3 is 12.0 Å². The molecule has 3 rings (SSSR count). The second-order valence-corrected chi connectivity index (χ2v) is 7.80. The van der Waals surface area contributed by atoms with Crippen molar-refractivity contribution in [3.05, 3.63) is 17.7 Å². The van der Waals surface area contributed by atoms with Crippen LogP contribution in [0.5, 0.6) is 0 Å². The number of hydrogen-bond donors (Lipinski definition) is 2. The van der Waals surface area contributed by atoms with Gasteiger partial charge in [0.25, 0.3) is 0 Å². The number of urea groups is 1. The lowest BCUT2D eigenvalue weighted by molar-refractivity contribution is -0.144. The Hall–Kier alpha value is -2.09. The fraction of sp³-hybridized carbons (Fsp3) is 0.737. The highest BCUT2D eigenvalue weighted by Crippen LogP contribution is 2.42. The Morgan fingerprint density at radius 2 is 2.07 bits per heavy atom. The van der Waals surface area contributed by atoms with Crippen LogP contribution in [0.25, 0.3) is 0 Å². The molecule has 1 aromatic heterocycles. The summed E-state index contributed by atoms with van der Waals surface area (Å²) in [7, 11) is 3.46. The summed E-state index contributed by atoms with van der Waals surface area (Å²) in [6.45, 7) is 6.38. The van der Waals surface area contributed by atoms with Crippen molar-refractivity contribution in [2.45, 2.75) is 51.1 Å². The zero-order chi connectivity index (χ0) is 19.6. The summed E-state index contributed by atoms with van der Waals surface area (Å²) in [4.78, 5) is 37.5. The smallest absolute Gasteiger partial charge is 0.328 e. The van der Waals surface area contributed by atoms with Crippen LogP contribution in [0.4, 0.5) is 4.79 Å². The molecule has 3 heterocycles. The standard InChI is InChI=1S/C19H31N5O3/c1-5-13(2)15(17(25)27-4)22-18(26)24-9-6-14-16(21-12-20-14)19(24)7-10-23(3)11-8-19/h12-13,15H,5-11H2,1-4H3,(H,20,21)(H,22,26). The molecule has 1 fully saturated rings. The lowest BCUT2D eigenvalue weighted by atomic mass is 9.79. The van der Waals surface area contributed by atoms with Crippen LogP contribution in [-0.4, -0.2) is 71.6 Å². The fourth-order valence-corrected chi connectivity index (χ4v) is 4.28. The van der Waals surface area contributed by atoms with Gasteiger partial charge < -0.3 is 24.8 Å². The van der Waals surface area contributed by atoms with Crippen LogP contribution in [0, 0.1) is 5.92 Å². The lowest BCUT2D eigenvalue weighted by Crippen LogP contribution is -2.62. The van der Waals surface area contributed by atoms with E-state index in [-0.39, 0.29) is 11.9 Å². The predicted molar refractivity (Wildman–Crippen MR) is 101 cm³/mol. The van der Waals surface area contributed by atoms with Gasteiger partial charge in [-0.2, -0.15) is 0 Å². The van der Waals surface area contributed by atoms with E-state index in [1.54, 1.807) is 6.33 Å². The molecule has 0 saturated carbocycles. The number of H-pyrrole nitrogens is 1. The molecule has 1 spiro atoms. The summed E-state index contributed by atoms with van der Waals surface area (Å²) in [6.07, 6.45) is 4.91. The Kier molecular flexibility index (Phi) is 5.74. The minimum Gasteiger partial charge on any atom is -0.467 e. The second kappa shape index (κ2) is 7.88. The Balaban J connectivity index is 1.87. The van der Waals surface area contributed by atoms with Gasteiger partial charge in [-0.1, -0.05) is 20.3 Å². The van der Waals surface area contributed by atoms with Gasteiger partial charge in [-0.15, -0.1) is 0 Å². The first-order valence-electron chi connectivity index (χ1n) is 9.80. The molecule has 2 unspecified atom stereocenters. The number of carbonyl (C=O) groups is 2. The summed E-state index contributed by atoms with van der Waals surface area (Å²) in [5, 5.41) is 2.95. The van der Waals surface area contributed by atoms with Crippen LogP contribution in [0.2, 0.25) is 0 Å². The summed E-state index contributed by atoms with van der Waals surface area (Å²) in [5.74, 6) is -0.395. The van der Waals surface area contributed by atoms with Gasteiger partial charge in [-0.3, -0.25) is 0 Å². The van der Waals surface area contributed by atoms with Gasteiger partial charge in [0.1, 0.15) is 6.04 Å². The van der Waals surface area contributed by atoms with E-state index in [2.05, 4.69) is 27.2 Å². The molecule has 2 amide bonds. The highest BCUT2D eigenvalue weighted by Gasteiger charge is 2.49. The minimum absolute atomic E-state index is 0.000532. The number of nitrogens with one attached hydrogen (secondary N) is 2. The lowest BCUT2D eigenvalue weighted by Gasteiger charge is -2.50. The maximum absolute atomic E-state index is 13.3. The zero-order valence-corrected chi connectivity index (χ0v) is 16.7. The third kappa shape index (κ3) is 3.54. The molecule has 0 aliphatic carbocycles. The molecule has 8 heteroatoms. The van der Waals surface area contributed by atoms with Crippen LogP contribution in [0.15, 0.2) is 6.33 Å². The van der Waals surface area contributed by atoms with Crippen molar-refractivity contribution in [3.63, 3.8) is 0 Å². The van der Waals surface area contributed by atoms with Crippen molar-refractivity contribution in [1.82, 2.24) is 25.1 Å². The molecular weight excluding hydrogens is 346 g/mol. The van der Waals surface area contributed by atoms with Gasteiger partial charge in [-0.05, 0) is 25.8 Å². The SMILES string of the molecule is CCC(C)C(NC(=O)N1CCc2[nH]cnc2C12CCN(C)CC2)C(=O)OC. The molecule has 1 aromatic rings. The molecule has 8 nitrogen and oxygen atoms in total. The van der Waals surface area contributed by atoms with E-state index in [1.165, 1.54) is 7.11 Å². The number of likely N-dealkylation sites (tertiary alicyclic amines) is 1. The van der Waals surface area contributed by atoms with E-state index in [4.69, 9.17) is 4.74 Å². The first kappa shape index (κ1) is 19.7. The average molecular weight is 377 g/mol. The molecule has 150 valence electrons. The number of aromatic nitrogens is 2. The minimum atomic E-state index is -0.642. The van der Waals surface area contributed by atoms with Crippen molar-refractivity contribution in [1.29, 1.82) is 0 Å². The van der Waals surface area contributed by atoms with Gasteiger partial charge in [0.15, 0.2) is 0 Å². The molecule has 2 N–H and O–H groups in total. The van der Waals surface area contributed by atoms with Crippen molar-refractivity contribution in [3.8, 4) is 0 Å². The first-order chi connectivity index (χ1) is 12.9. The van der Waals surface area contributed by atoms with E-state index >= 15 is 0 Å². The number of carbonyl (C=O) groups excluding carboxylic acids is 2. The predicted octanol–water partition coefficient (Wildman–Crippen LogP) is 1.49. The maximum Gasteiger partial charge on any atom is 0.328 e. The van der Waals surface area contributed by atoms with Crippen molar-refractivity contribution >= 4 is 12.0 Å². The monoisotopic (exact) mass is 377 g/mol. The van der Waals surface area contributed by atoms with Crippen LogP contribution in [0.1, 0.15) is 44.5 Å². The number of esters is 1. The molecule has 27 heavy (non-hydrogen) atoms. The molecule has 0 radical (unpaired) electrons. The number of hydrogen-bond acceptors (Lipinski definition) is 5. The number of fused-ring (bicyclic) bond motifs is 2. The normalized spacial score (nSPS) is 21.4. The number of methoxy groups -OCH3 is 1. The van der Waals surface area contributed by atoms with Crippen molar-refractivity contribution < 1.29 is 14.3 Å². The average Bonchev–Trinajstić information content (AvgIpc) is 3.17. The van der Waals surface area contributed by atoms with Crippen LogP contribution in [-0.2, 0) is 21.5 Å². The largest absolute Gasteiger partial charge is 0.467 e. The molecular formula is C19H31N5O3. The fourth-order valence-electron chi connectivity index (χ4n) is 4.28. The van der Waals surface area contributed by atoms with Gasteiger partial charge in [0, 0.05) is 31.7 Å². The molecule has 0 aromatic carbocycles. The number of amides is 2. The van der Waals surface area contributed by atoms with Crippen molar-refractivity contribution in [2.24, 2.45) is 5.92 Å². The number of imidazole rings is 1. The highest BCUT2D eigenvalue weighted by molar-refractivity contribution is 5.84. The van der Waals surface area contributed by atoms with E-state index in [0.29, 0.717) is 6.54 Å². The summed E-state index contributed by atoms with van der Waals surface area (Å²) in [5.41, 5.74) is 1.69. The number of aromatic amines is 1. The van der Waals surface area contributed by atoms with Gasteiger partial charge in [0.05, 0.1) is 24.7 Å². The Morgan fingerprint density at radius 1 is 1.37 bits per heavy atom. The topological polar surface area (TPSA) is 90.6 Å². The Labute approximate surface area is 160 Å². The van der Waals surface area contributed by atoms with Crippen LogP contribution in [0.3, 0.4) is 0 Å². The molecule has 0 bridgehead atoms. The number of piperidine rings is 1. The van der Waals surface area contributed by atoms with E-state index in [1.807, 2.05) is 18.7 Å². The van der Waals surface area contributed by atoms with E-state index < -0.39 is 17.6 Å². The van der Waals surface area contributed by atoms with Crippen LogP contribution >= 0.6 is 0 Å². The Bertz CT molecular complexity index is 681. The highest BCUT2D eigenvalue weighted by atomic mass is 16.5. The molecule has 2 atom stereocenters. The van der Waals surface area contributed by atoms with Gasteiger partial charge in [-0.25, -0.2) is 14.6 Å². The maximum atomic E-state index is 13.3. The van der Waals surface area contributed by atoms with E-state index in [9.17, 15) is 9.59 Å². The Morgan fingerprint density at radius 3 is 2.70 bits per heavy atom. The van der Waals surface area contributed by atoms with Gasteiger partial charge in [0.2, 0.25) is 0 Å². The van der Waals surface area contributed by atoms with E-state index in [0.717, 1.165) is 50.2 Å². The summed E-state index contributed by atoms with van der Waals surface area (Å²) in [6, 6.07) is -0.847. The third-order valence-electron chi connectivity index (χ3n) is 6.27. The molecule has 2 aliphatic heterocycles.